The smallest absolute Gasteiger partial charge is 0.406 e. The van der Waals surface area contributed by atoms with Crippen molar-refractivity contribution in [2.24, 2.45) is 5.14 Å². The number of nitrogens with one attached hydrogen (secondary N) is 1. The van der Waals surface area contributed by atoms with Crippen molar-refractivity contribution >= 4 is 33.7 Å². The monoisotopic (exact) mass is 473 g/mol. The molecule has 14 heteroatoms. The lowest BCUT2D eigenvalue weighted by atomic mass is 10.0. The van der Waals surface area contributed by atoms with Crippen LogP contribution in [-0.2, 0) is 21.5 Å². The van der Waals surface area contributed by atoms with Crippen molar-refractivity contribution in [1.82, 2.24) is 9.88 Å². The highest BCUT2D eigenvalue weighted by Crippen LogP contribution is 2.34. The van der Waals surface area contributed by atoms with Crippen LogP contribution in [0.15, 0.2) is 42.6 Å². The zero-order valence-electron chi connectivity index (χ0n) is 16.8. The summed E-state index contributed by atoms with van der Waals surface area (Å²) < 4.78 is 65.2. The van der Waals surface area contributed by atoms with E-state index in [1.807, 2.05) is 4.72 Å². The number of rotatable bonds is 6. The van der Waals surface area contributed by atoms with Gasteiger partial charge < -0.3 is 9.64 Å². The Kier molecular flexibility index (Phi) is 5.78. The third-order valence-corrected chi connectivity index (χ3v) is 5.06. The Bertz CT molecular complexity index is 1150. The molecule has 0 atom stereocenters. The van der Waals surface area contributed by atoms with Crippen LogP contribution < -0.4 is 19.5 Å². The van der Waals surface area contributed by atoms with Crippen LogP contribution >= 0.6 is 0 Å². The topological polar surface area (TPSA) is 135 Å². The standard InChI is InChI=1S/C18H18F3N5O5S/c1-17(2)15(27)26(12-3-5-13(6-4-12)31-18(19,20)21)16(28)25(17)10-11-7-8-23-14(9-11)24-32(22,29)30/h3-9H,10H2,1-2H3,(H,23,24)(H2,22,29,30). The van der Waals surface area contributed by atoms with E-state index in [0.717, 1.165) is 29.2 Å². The van der Waals surface area contributed by atoms with Gasteiger partial charge in [-0.05, 0) is 55.8 Å². The molecular weight excluding hydrogens is 455 g/mol. The molecule has 1 aromatic heterocycles. The molecule has 0 bridgehead atoms. The van der Waals surface area contributed by atoms with Crippen LogP contribution in [0.4, 0.5) is 29.5 Å². The van der Waals surface area contributed by atoms with Gasteiger partial charge in [0.15, 0.2) is 0 Å². The number of urea groups is 1. The summed E-state index contributed by atoms with van der Waals surface area (Å²) in [4.78, 5) is 31.9. The minimum atomic E-state index is -4.87. The highest BCUT2D eigenvalue weighted by atomic mass is 32.2. The molecule has 0 saturated carbocycles. The number of ether oxygens (including phenoxy) is 1. The average molecular weight is 473 g/mol. The number of aromatic nitrogens is 1. The Balaban J connectivity index is 1.85. The quantitative estimate of drug-likeness (QED) is 0.619. The van der Waals surface area contributed by atoms with E-state index in [-0.39, 0.29) is 18.1 Å². The highest BCUT2D eigenvalue weighted by Gasteiger charge is 2.51. The summed E-state index contributed by atoms with van der Waals surface area (Å²) in [5.41, 5.74) is -0.776. The summed E-state index contributed by atoms with van der Waals surface area (Å²) in [6.07, 6.45) is -3.57. The number of anilines is 2. The summed E-state index contributed by atoms with van der Waals surface area (Å²) in [5, 5.41) is 4.93. The van der Waals surface area contributed by atoms with Gasteiger partial charge in [0, 0.05) is 12.7 Å². The molecule has 0 aliphatic carbocycles. The van der Waals surface area contributed by atoms with E-state index in [1.54, 1.807) is 0 Å². The van der Waals surface area contributed by atoms with E-state index >= 15 is 0 Å². The lowest BCUT2D eigenvalue weighted by Gasteiger charge is -2.27. The predicted octanol–water partition coefficient (Wildman–Crippen LogP) is 2.34. The molecule has 10 nitrogen and oxygen atoms in total. The van der Waals surface area contributed by atoms with E-state index in [9.17, 15) is 31.2 Å². The fourth-order valence-electron chi connectivity index (χ4n) is 3.08. The van der Waals surface area contributed by atoms with Crippen molar-refractivity contribution in [3.05, 3.63) is 48.2 Å². The molecule has 1 aliphatic rings. The normalized spacial score (nSPS) is 16.4. The third-order valence-electron chi connectivity index (χ3n) is 4.56. The van der Waals surface area contributed by atoms with Crippen LogP contribution in [0.25, 0.3) is 0 Å². The molecule has 0 unspecified atom stereocenters. The number of hydrogen-bond acceptors (Lipinski definition) is 6. The van der Waals surface area contributed by atoms with E-state index in [2.05, 4.69) is 9.72 Å². The summed E-state index contributed by atoms with van der Waals surface area (Å²) in [5.74, 6) is -1.16. The number of alkyl halides is 3. The number of pyridine rings is 1. The van der Waals surface area contributed by atoms with Crippen molar-refractivity contribution in [1.29, 1.82) is 0 Å². The number of imide groups is 1. The maximum absolute atomic E-state index is 13.0. The van der Waals surface area contributed by atoms with Gasteiger partial charge in [-0.1, -0.05) is 0 Å². The summed E-state index contributed by atoms with van der Waals surface area (Å²) in [6, 6.07) is 6.48. The third kappa shape index (κ3) is 5.08. The molecule has 0 radical (unpaired) electrons. The van der Waals surface area contributed by atoms with Crippen molar-refractivity contribution in [2.45, 2.75) is 32.3 Å². The second kappa shape index (κ2) is 7.94. The van der Waals surface area contributed by atoms with Gasteiger partial charge in [-0.2, -0.15) is 8.42 Å². The van der Waals surface area contributed by atoms with Gasteiger partial charge in [0.2, 0.25) is 0 Å². The zero-order chi connectivity index (χ0) is 23.9. The first kappa shape index (κ1) is 23.3. The molecule has 0 spiro atoms. The fourth-order valence-corrected chi connectivity index (χ4v) is 3.49. The lowest BCUT2D eigenvalue weighted by molar-refractivity contribution is -0.274. The van der Waals surface area contributed by atoms with Crippen LogP contribution in [0, 0.1) is 0 Å². The van der Waals surface area contributed by atoms with Gasteiger partial charge in [-0.25, -0.2) is 19.8 Å². The van der Waals surface area contributed by atoms with E-state index in [0.29, 0.717) is 5.56 Å². The number of nitrogens with two attached hydrogens (primary N) is 1. The molecule has 2 heterocycles. The molecule has 1 aliphatic heterocycles. The van der Waals surface area contributed by atoms with Crippen LogP contribution in [0.1, 0.15) is 19.4 Å². The fraction of sp³-hybridized carbons (Fsp3) is 0.278. The van der Waals surface area contributed by atoms with Gasteiger partial charge in [-0.3, -0.25) is 9.52 Å². The molecule has 2 aromatic rings. The van der Waals surface area contributed by atoms with Crippen LogP contribution in [0.2, 0.25) is 0 Å². The van der Waals surface area contributed by atoms with Gasteiger partial charge in [0.25, 0.3) is 16.1 Å². The van der Waals surface area contributed by atoms with Crippen LogP contribution in [0.5, 0.6) is 5.75 Å². The van der Waals surface area contributed by atoms with Crippen molar-refractivity contribution in [3.63, 3.8) is 0 Å². The Morgan fingerprint density at radius 3 is 2.34 bits per heavy atom. The molecule has 3 rings (SSSR count). The molecule has 32 heavy (non-hydrogen) atoms. The first-order chi connectivity index (χ1) is 14.7. The number of benzene rings is 1. The van der Waals surface area contributed by atoms with Gasteiger partial charge in [0.05, 0.1) is 5.69 Å². The second-order valence-electron chi connectivity index (χ2n) is 7.31. The maximum atomic E-state index is 13.0. The molecule has 1 saturated heterocycles. The van der Waals surface area contributed by atoms with Crippen LogP contribution in [-0.4, -0.2) is 42.1 Å². The van der Waals surface area contributed by atoms with Crippen molar-refractivity contribution in [2.75, 3.05) is 9.62 Å². The molecule has 1 fully saturated rings. The van der Waals surface area contributed by atoms with Crippen molar-refractivity contribution < 1.29 is 35.9 Å². The number of carbonyl (C=O) groups excluding carboxylic acids is 2. The summed E-state index contributed by atoms with van der Waals surface area (Å²) in [6.45, 7) is 2.95. The first-order valence-corrected chi connectivity index (χ1v) is 10.5. The number of amides is 3. The van der Waals surface area contributed by atoms with E-state index < -0.39 is 39.8 Å². The second-order valence-corrected chi connectivity index (χ2v) is 8.60. The van der Waals surface area contributed by atoms with Crippen LogP contribution in [0.3, 0.4) is 0 Å². The van der Waals surface area contributed by atoms with Gasteiger partial charge in [0.1, 0.15) is 17.1 Å². The Hall–Kier alpha value is -3.39. The molecule has 3 N–H and O–H groups in total. The number of carbonyl (C=O) groups is 2. The highest BCUT2D eigenvalue weighted by molar-refractivity contribution is 7.90. The molecular formula is C18H18F3N5O5S. The maximum Gasteiger partial charge on any atom is 0.573 e. The van der Waals surface area contributed by atoms with Crippen molar-refractivity contribution in [3.8, 4) is 5.75 Å². The predicted molar refractivity (Wildman–Crippen MR) is 107 cm³/mol. The Morgan fingerprint density at radius 1 is 1.16 bits per heavy atom. The largest absolute Gasteiger partial charge is 0.573 e. The summed E-state index contributed by atoms with van der Waals surface area (Å²) >= 11 is 0. The Morgan fingerprint density at radius 2 is 1.78 bits per heavy atom. The van der Waals surface area contributed by atoms with E-state index in [4.69, 9.17) is 5.14 Å². The summed E-state index contributed by atoms with van der Waals surface area (Å²) in [7, 11) is -4.06. The number of halogens is 3. The molecule has 1 aromatic carbocycles. The minimum Gasteiger partial charge on any atom is -0.406 e. The first-order valence-electron chi connectivity index (χ1n) is 8.95. The average Bonchev–Trinajstić information content (AvgIpc) is 2.80. The molecule has 172 valence electrons. The zero-order valence-corrected chi connectivity index (χ0v) is 17.6. The van der Waals surface area contributed by atoms with Gasteiger partial charge >= 0.3 is 12.4 Å². The lowest BCUT2D eigenvalue weighted by Crippen LogP contribution is -2.43. The molecule has 3 amide bonds. The number of hydrogen-bond donors (Lipinski definition) is 2. The Labute approximate surface area is 180 Å². The SMILES string of the molecule is CC1(C)C(=O)N(c2ccc(OC(F)(F)F)cc2)C(=O)N1Cc1ccnc(NS(N)(=O)=O)c1. The minimum absolute atomic E-state index is 0.0661. The van der Waals surface area contributed by atoms with E-state index in [1.165, 1.54) is 37.1 Å². The number of nitrogens with zero attached hydrogens (tertiary/aromatic N) is 3. The van der Waals surface area contributed by atoms with Gasteiger partial charge in [-0.15, -0.1) is 13.2 Å².